The van der Waals surface area contributed by atoms with Crippen LogP contribution in [0.3, 0.4) is 0 Å². The fraction of sp³-hybridized carbons (Fsp3) is 0.645. The number of carbonyl (C=O) groups excluding carboxylic acids is 5. The smallest absolute Gasteiger partial charge is 0.466 e. The van der Waals surface area contributed by atoms with Crippen LogP contribution in [0.1, 0.15) is 67.4 Å². The van der Waals surface area contributed by atoms with Crippen LogP contribution in [0.25, 0.3) is 0 Å². The molecule has 1 aromatic rings. The Balaban J connectivity index is 1.86. The molecule has 0 radical (unpaired) electrons. The molecular formula is C31H44N2O11. The zero-order chi connectivity index (χ0) is 33.0. The number of aliphatic hydroxyl groups is 1. The standard InChI is InChI=1S/C31H44N2O11/c1-9-40-25(36)22-21-20(34)16-31(23(21)22,26(37)41-10-2)33-24(35)19(32-27(38)43-29(3,4)5)15-17-11-13-18(14-12-17)42-28(39)44-30(6,7)8/h11-14,19-23,34H,9-10,15-16H2,1-8H3,(H,32,38)(H,33,35)/t19-,20-,21-,22-,23-,31-/m0/s1. The van der Waals surface area contributed by atoms with E-state index < -0.39 is 76.7 Å². The van der Waals surface area contributed by atoms with Gasteiger partial charge >= 0.3 is 24.2 Å². The van der Waals surface area contributed by atoms with Crippen LogP contribution in [0.2, 0.25) is 0 Å². The number of hydrogen-bond acceptors (Lipinski definition) is 11. The molecule has 6 atom stereocenters. The molecule has 2 fully saturated rings. The first-order chi connectivity index (χ1) is 20.4. The summed E-state index contributed by atoms with van der Waals surface area (Å²) in [7, 11) is 0. The summed E-state index contributed by atoms with van der Waals surface area (Å²) >= 11 is 0. The second-order valence-electron chi connectivity index (χ2n) is 12.9. The minimum Gasteiger partial charge on any atom is -0.466 e. The van der Waals surface area contributed by atoms with E-state index in [4.69, 9.17) is 23.7 Å². The van der Waals surface area contributed by atoms with Crippen molar-refractivity contribution in [3.63, 3.8) is 0 Å². The van der Waals surface area contributed by atoms with Crippen molar-refractivity contribution in [2.45, 2.75) is 97.1 Å². The number of carbonyl (C=O) groups is 5. The van der Waals surface area contributed by atoms with Crippen LogP contribution in [0.15, 0.2) is 24.3 Å². The topological polar surface area (TPSA) is 176 Å². The normalized spacial score (nSPS) is 24.7. The van der Waals surface area contributed by atoms with E-state index in [1.807, 2.05) is 0 Å². The van der Waals surface area contributed by atoms with Gasteiger partial charge in [0.25, 0.3) is 0 Å². The van der Waals surface area contributed by atoms with Crippen LogP contribution in [0, 0.1) is 17.8 Å². The van der Waals surface area contributed by atoms with Crippen molar-refractivity contribution in [2.24, 2.45) is 17.8 Å². The second-order valence-corrected chi connectivity index (χ2v) is 12.9. The van der Waals surface area contributed by atoms with E-state index in [1.54, 1.807) is 67.5 Å². The van der Waals surface area contributed by atoms with Crippen LogP contribution in [-0.4, -0.2) is 77.3 Å². The van der Waals surface area contributed by atoms with Crippen molar-refractivity contribution in [3.8, 4) is 5.75 Å². The maximum absolute atomic E-state index is 13.9. The highest BCUT2D eigenvalue weighted by atomic mass is 16.7. The molecule has 0 spiro atoms. The second kappa shape index (κ2) is 13.4. The highest BCUT2D eigenvalue weighted by molar-refractivity contribution is 5.94. The lowest BCUT2D eigenvalue weighted by Gasteiger charge is -2.33. The Bertz CT molecular complexity index is 1230. The molecule has 2 saturated carbocycles. The predicted octanol–water partition coefficient (Wildman–Crippen LogP) is 3.04. The van der Waals surface area contributed by atoms with Gasteiger partial charge in [0.2, 0.25) is 5.91 Å². The molecule has 0 heterocycles. The van der Waals surface area contributed by atoms with Gasteiger partial charge in [0.05, 0.1) is 25.2 Å². The van der Waals surface area contributed by atoms with Gasteiger partial charge in [-0.1, -0.05) is 12.1 Å². The van der Waals surface area contributed by atoms with Crippen molar-refractivity contribution in [2.75, 3.05) is 13.2 Å². The predicted molar refractivity (Wildman–Crippen MR) is 155 cm³/mol. The fourth-order valence-electron chi connectivity index (χ4n) is 5.52. The van der Waals surface area contributed by atoms with E-state index in [9.17, 15) is 29.1 Å². The first-order valence-electron chi connectivity index (χ1n) is 14.7. The third-order valence-electron chi connectivity index (χ3n) is 7.13. The number of hydrogen-bond donors (Lipinski definition) is 3. The Morgan fingerprint density at radius 3 is 2.07 bits per heavy atom. The monoisotopic (exact) mass is 620 g/mol. The van der Waals surface area contributed by atoms with Gasteiger partial charge in [-0.2, -0.15) is 0 Å². The Kier molecular flexibility index (Phi) is 10.6. The number of nitrogens with one attached hydrogen (secondary N) is 2. The van der Waals surface area contributed by atoms with E-state index in [1.165, 1.54) is 12.1 Å². The van der Waals surface area contributed by atoms with E-state index in [-0.39, 0.29) is 31.8 Å². The van der Waals surface area contributed by atoms with Gasteiger partial charge in [0, 0.05) is 24.7 Å². The van der Waals surface area contributed by atoms with Gasteiger partial charge in [0.15, 0.2) is 0 Å². The molecule has 44 heavy (non-hydrogen) atoms. The number of aliphatic hydroxyl groups excluding tert-OH is 1. The Morgan fingerprint density at radius 1 is 0.932 bits per heavy atom. The fourth-order valence-corrected chi connectivity index (χ4v) is 5.52. The summed E-state index contributed by atoms with van der Waals surface area (Å²) in [6, 6.07) is 4.97. The maximum Gasteiger partial charge on any atom is 0.514 e. The molecule has 0 aromatic heterocycles. The zero-order valence-corrected chi connectivity index (χ0v) is 26.6. The van der Waals surface area contributed by atoms with Crippen molar-refractivity contribution in [3.05, 3.63) is 29.8 Å². The van der Waals surface area contributed by atoms with E-state index in [0.29, 0.717) is 5.56 Å². The van der Waals surface area contributed by atoms with Crippen LogP contribution >= 0.6 is 0 Å². The Labute approximate surface area is 257 Å². The van der Waals surface area contributed by atoms with E-state index in [2.05, 4.69) is 10.6 Å². The molecule has 1 aromatic carbocycles. The number of alkyl carbamates (subject to hydrolysis) is 1. The molecule has 3 N–H and O–H groups in total. The average molecular weight is 621 g/mol. The third-order valence-corrected chi connectivity index (χ3v) is 7.13. The number of benzene rings is 1. The van der Waals surface area contributed by atoms with Crippen molar-refractivity contribution in [1.29, 1.82) is 0 Å². The van der Waals surface area contributed by atoms with Gasteiger partial charge in [0.1, 0.15) is 28.5 Å². The summed E-state index contributed by atoms with van der Waals surface area (Å²) in [6.07, 6.45) is -3.02. The van der Waals surface area contributed by atoms with E-state index in [0.717, 1.165) is 0 Å². The number of ether oxygens (including phenoxy) is 5. The summed E-state index contributed by atoms with van der Waals surface area (Å²) in [6.45, 7) is 13.5. The molecule has 3 rings (SSSR count). The molecule has 244 valence electrons. The highest BCUT2D eigenvalue weighted by Crippen LogP contribution is 2.63. The summed E-state index contributed by atoms with van der Waals surface area (Å²) in [4.78, 5) is 64.6. The molecule has 0 bridgehead atoms. The lowest BCUT2D eigenvalue weighted by atomic mass is 9.88. The molecule has 0 saturated heterocycles. The lowest BCUT2D eigenvalue weighted by molar-refractivity contribution is -0.156. The molecule has 2 aliphatic rings. The average Bonchev–Trinajstić information content (AvgIpc) is 3.57. The van der Waals surface area contributed by atoms with Gasteiger partial charge in [-0.15, -0.1) is 0 Å². The van der Waals surface area contributed by atoms with Crippen LogP contribution in [0.5, 0.6) is 5.75 Å². The summed E-state index contributed by atoms with van der Waals surface area (Å²) in [5.41, 5.74) is -2.74. The minimum atomic E-state index is -1.71. The molecular weight excluding hydrogens is 576 g/mol. The van der Waals surface area contributed by atoms with Gasteiger partial charge in [-0.05, 0) is 73.1 Å². The van der Waals surface area contributed by atoms with Crippen LogP contribution < -0.4 is 15.4 Å². The Hall–Kier alpha value is -3.87. The number of rotatable bonds is 10. The Morgan fingerprint density at radius 2 is 1.52 bits per heavy atom. The van der Waals surface area contributed by atoms with Gasteiger partial charge < -0.3 is 39.4 Å². The molecule has 13 nitrogen and oxygen atoms in total. The quantitative estimate of drug-likeness (QED) is 0.199. The number of fused-ring (bicyclic) bond motifs is 1. The van der Waals surface area contributed by atoms with Gasteiger partial charge in [-0.25, -0.2) is 14.4 Å². The van der Waals surface area contributed by atoms with Crippen LogP contribution in [0.4, 0.5) is 9.59 Å². The summed E-state index contributed by atoms with van der Waals surface area (Å²) in [5.74, 6) is -4.03. The van der Waals surface area contributed by atoms with Crippen molar-refractivity contribution >= 4 is 30.1 Å². The van der Waals surface area contributed by atoms with Crippen molar-refractivity contribution < 1.29 is 52.8 Å². The molecule has 0 aliphatic heterocycles. The van der Waals surface area contributed by atoms with E-state index >= 15 is 0 Å². The first-order valence-corrected chi connectivity index (χ1v) is 14.7. The number of esters is 2. The van der Waals surface area contributed by atoms with Gasteiger partial charge in [-0.3, -0.25) is 9.59 Å². The molecule has 2 aliphatic carbocycles. The first kappa shape index (κ1) is 34.6. The van der Waals surface area contributed by atoms with Crippen molar-refractivity contribution in [1.82, 2.24) is 10.6 Å². The summed E-state index contributed by atoms with van der Waals surface area (Å²) in [5, 5.41) is 16.1. The summed E-state index contributed by atoms with van der Waals surface area (Å²) < 4.78 is 26.2. The lowest BCUT2D eigenvalue weighted by Crippen LogP contribution is -2.62. The zero-order valence-electron chi connectivity index (χ0n) is 26.6. The van der Waals surface area contributed by atoms with Crippen LogP contribution in [-0.2, 0) is 39.8 Å². The largest absolute Gasteiger partial charge is 0.514 e. The highest BCUT2D eigenvalue weighted by Gasteiger charge is 2.76. The molecule has 0 unspecified atom stereocenters. The number of amides is 2. The third kappa shape index (κ3) is 8.61. The maximum atomic E-state index is 13.9. The molecule has 2 amide bonds. The SMILES string of the molecule is CCOC(=O)[C@H]1[C@H]2[C@@H]1[C@](NC(=O)[C@H](Cc1ccc(OC(=O)OC(C)(C)C)cc1)NC(=O)OC(C)(C)C)(C(=O)OCC)C[C@@H]2O. The molecule has 13 heteroatoms. The minimum absolute atomic E-state index is 0.00527.